The zero-order valence-electron chi connectivity index (χ0n) is 7.88. The van der Waals surface area contributed by atoms with Gasteiger partial charge < -0.3 is 5.32 Å². The van der Waals surface area contributed by atoms with E-state index in [1.807, 2.05) is 0 Å². The molecule has 88 valence electrons. The molecule has 1 N–H and O–H groups in total. The summed E-state index contributed by atoms with van der Waals surface area (Å²) in [5.74, 6) is -0.769. The molecule has 1 aromatic rings. The lowest BCUT2D eigenvalue weighted by atomic mass is 10.3. The molecule has 8 heteroatoms. The summed E-state index contributed by atoms with van der Waals surface area (Å²) in [6.45, 7) is -1.35. The van der Waals surface area contributed by atoms with Gasteiger partial charge in [0.2, 0.25) is 5.91 Å². The molecule has 0 bridgehead atoms. The molecule has 1 rings (SSSR count). The van der Waals surface area contributed by atoms with Crippen LogP contribution in [0.4, 0.5) is 13.2 Å². The topological polar surface area (TPSA) is 54.9 Å². The minimum Gasteiger partial charge on any atom is -0.347 e. The second kappa shape index (κ2) is 5.11. The third kappa shape index (κ3) is 4.92. The molecule has 0 fully saturated rings. The van der Waals surface area contributed by atoms with Crippen LogP contribution in [0.3, 0.4) is 0 Å². The lowest BCUT2D eigenvalue weighted by molar-refractivity contribution is -0.138. The van der Waals surface area contributed by atoms with Crippen molar-refractivity contribution >= 4 is 17.5 Å². The number of nitrogens with zero attached hydrogens (tertiary/aromatic N) is 2. The van der Waals surface area contributed by atoms with Crippen molar-refractivity contribution in [1.82, 2.24) is 15.3 Å². The molecule has 1 heterocycles. The number of carbonyl (C=O) groups excluding carboxylic acids is 1. The van der Waals surface area contributed by atoms with Gasteiger partial charge in [0.15, 0.2) is 0 Å². The smallest absolute Gasteiger partial charge is 0.347 e. The summed E-state index contributed by atoms with van der Waals surface area (Å²) in [6, 6.07) is 0. The Hall–Kier alpha value is -1.37. The number of carbonyl (C=O) groups is 1. The van der Waals surface area contributed by atoms with Crippen molar-refractivity contribution in [3.8, 4) is 0 Å². The highest BCUT2D eigenvalue weighted by Gasteiger charge is 2.27. The molecule has 0 saturated carbocycles. The third-order valence-corrected chi connectivity index (χ3v) is 1.70. The molecule has 0 aromatic carbocycles. The van der Waals surface area contributed by atoms with E-state index in [2.05, 4.69) is 9.97 Å². The normalized spacial score (nSPS) is 11.2. The third-order valence-electron chi connectivity index (χ3n) is 1.50. The van der Waals surface area contributed by atoms with Crippen LogP contribution in [0.5, 0.6) is 0 Å². The fraction of sp³-hybridized carbons (Fsp3) is 0.375. The van der Waals surface area contributed by atoms with E-state index in [0.29, 0.717) is 0 Å². The van der Waals surface area contributed by atoms with Crippen molar-refractivity contribution in [2.45, 2.75) is 12.6 Å². The van der Waals surface area contributed by atoms with Gasteiger partial charge in [0, 0.05) is 0 Å². The van der Waals surface area contributed by atoms with E-state index < -0.39 is 18.6 Å². The molecular weight excluding hydrogens is 247 g/mol. The van der Waals surface area contributed by atoms with Crippen LogP contribution in [0, 0.1) is 0 Å². The summed E-state index contributed by atoms with van der Waals surface area (Å²) in [5.41, 5.74) is 0.254. The average Bonchev–Trinajstić information content (AvgIpc) is 2.18. The Labute approximate surface area is 93.8 Å². The number of rotatable bonds is 3. The summed E-state index contributed by atoms with van der Waals surface area (Å²) in [7, 11) is 0. The first kappa shape index (κ1) is 12.7. The van der Waals surface area contributed by atoms with Gasteiger partial charge in [-0.3, -0.25) is 9.78 Å². The Bertz CT molecular complexity index is 366. The molecule has 1 aromatic heterocycles. The number of aromatic nitrogens is 2. The molecule has 1 amide bonds. The number of nitrogens with one attached hydrogen (secondary N) is 1. The van der Waals surface area contributed by atoms with Gasteiger partial charge in [0.05, 0.1) is 24.5 Å². The number of amides is 1. The molecule has 0 unspecified atom stereocenters. The second-order valence-corrected chi connectivity index (χ2v) is 3.29. The van der Waals surface area contributed by atoms with Crippen molar-refractivity contribution in [2.24, 2.45) is 0 Å². The largest absolute Gasteiger partial charge is 0.405 e. The summed E-state index contributed by atoms with van der Waals surface area (Å²) in [4.78, 5) is 18.4. The SMILES string of the molecule is O=C(Cc1cnc(Cl)cn1)NCC(F)(F)F. The maximum absolute atomic E-state index is 11.7. The lowest BCUT2D eigenvalue weighted by Crippen LogP contribution is -2.34. The number of alkyl halides is 3. The Kier molecular flexibility index (Phi) is 4.05. The Balaban J connectivity index is 2.43. The summed E-state index contributed by atoms with van der Waals surface area (Å²) in [6.07, 6.45) is -2.23. The van der Waals surface area contributed by atoms with E-state index in [4.69, 9.17) is 11.6 Å². The molecule has 0 saturated heterocycles. The fourth-order valence-corrected chi connectivity index (χ4v) is 0.954. The number of hydrogen-bond donors (Lipinski definition) is 1. The van der Waals surface area contributed by atoms with Crippen LogP contribution in [0.2, 0.25) is 5.15 Å². The molecule has 16 heavy (non-hydrogen) atoms. The monoisotopic (exact) mass is 253 g/mol. The molecule has 0 aliphatic rings. The van der Waals surface area contributed by atoms with Gasteiger partial charge in [-0.2, -0.15) is 13.2 Å². The van der Waals surface area contributed by atoms with E-state index in [9.17, 15) is 18.0 Å². The van der Waals surface area contributed by atoms with Gasteiger partial charge in [-0.1, -0.05) is 11.6 Å². The van der Waals surface area contributed by atoms with Crippen LogP contribution in [-0.4, -0.2) is 28.6 Å². The van der Waals surface area contributed by atoms with Crippen molar-refractivity contribution in [3.63, 3.8) is 0 Å². The minimum absolute atomic E-state index is 0.152. The predicted molar refractivity (Wildman–Crippen MR) is 49.8 cm³/mol. The molecule has 0 aliphatic heterocycles. The van der Waals surface area contributed by atoms with Crippen molar-refractivity contribution in [1.29, 1.82) is 0 Å². The maximum atomic E-state index is 11.7. The van der Waals surface area contributed by atoms with Crippen molar-refractivity contribution in [2.75, 3.05) is 6.54 Å². The highest BCUT2D eigenvalue weighted by Crippen LogP contribution is 2.12. The standard InChI is InChI=1S/C8H7ClF3N3O/c9-6-3-13-5(2-14-6)1-7(16)15-4-8(10,11)12/h2-3H,1,4H2,(H,15,16). The van der Waals surface area contributed by atoms with Crippen LogP contribution >= 0.6 is 11.6 Å². The van der Waals surface area contributed by atoms with Crippen LogP contribution in [0.1, 0.15) is 5.69 Å². The van der Waals surface area contributed by atoms with Gasteiger partial charge in [-0.15, -0.1) is 0 Å². The zero-order chi connectivity index (χ0) is 12.2. The molecule has 4 nitrogen and oxygen atoms in total. The quantitative estimate of drug-likeness (QED) is 0.885. The first-order valence-corrected chi connectivity index (χ1v) is 4.54. The zero-order valence-corrected chi connectivity index (χ0v) is 8.64. The summed E-state index contributed by atoms with van der Waals surface area (Å²) < 4.78 is 35.2. The summed E-state index contributed by atoms with van der Waals surface area (Å²) in [5, 5.41) is 1.87. The van der Waals surface area contributed by atoms with Crippen molar-refractivity contribution < 1.29 is 18.0 Å². The first-order valence-electron chi connectivity index (χ1n) is 4.17. The molecular formula is C8H7ClF3N3O. The maximum Gasteiger partial charge on any atom is 0.405 e. The molecule has 0 aliphatic carbocycles. The van der Waals surface area contributed by atoms with E-state index in [0.717, 1.165) is 0 Å². The highest BCUT2D eigenvalue weighted by atomic mass is 35.5. The van der Waals surface area contributed by atoms with Crippen LogP contribution in [0.15, 0.2) is 12.4 Å². The van der Waals surface area contributed by atoms with E-state index in [1.54, 1.807) is 5.32 Å². The summed E-state index contributed by atoms with van der Waals surface area (Å²) >= 11 is 5.45. The minimum atomic E-state index is -4.42. The predicted octanol–water partition coefficient (Wildman–Crippen LogP) is 1.35. The second-order valence-electron chi connectivity index (χ2n) is 2.90. The molecule has 0 atom stereocenters. The Morgan fingerprint density at radius 3 is 2.56 bits per heavy atom. The van der Waals surface area contributed by atoms with E-state index in [-0.39, 0.29) is 17.3 Å². The Morgan fingerprint density at radius 2 is 2.06 bits per heavy atom. The van der Waals surface area contributed by atoms with Gasteiger partial charge in [-0.25, -0.2) is 4.98 Å². The van der Waals surface area contributed by atoms with Gasteiger partial charge in [0.1, 0.15) is 11.7 Å². The molecule has 0 spiro atoms. The van der Waals surface area contributed by atoms with Gasteiger partial charge >= 0.3 is 6.18 Å². The lowest BCUT2D eigenvalue weighted by Gasteiger charge is -2.07. The van der Waals surface area contributed by atoms with Crippen LogP contribution in [-0.2, 0) is 11.2 Å². The van der Waals surface area contributed by atoms with Crippen LogP contribution in [0.25, 0.3) is 0 Å². The highest BCUT2D eigenvalue weighted by molar-refractivity contribution is 6.29. The number of hydrogen-bond acceptors (Lipinski definition) is 3. The fourth-order valence-electron chi connectivity index (χ4n) is 0.856. The van der Waals surface area contributed by atoms with E-state index >= 15 is 0 Å². The number of halogens is 4. The molecule has 0 radical (unpaired) electrons. The van der Waals surface area contributed by atoms with Gasteiger partial charge in [0.25, 0.3) is 0 Å². The van der Waals surface area contributed by atoms with Crippen molar-refractivity contribution in [3.05, 3.63) is 23.2 Å². The van der Waals surface area contributed by atoms with E-state index in [1.165, 1.54) is 12.4 Å². The first-order chi connectivity index (χ1) is 7.37. The average molecular weight is 254 g/mol. The Morgan fingerprint density at radius 1 is 1.38 bits per heavy atom. The van der Waals surface area contributed by atoms with Crippen LogP contribution < -0.4 is 5.32 Å². The van der Waals surface area contributed by atoms with Gasteiger partial charge in [-0.05, 0) is 0 Å².